The van der Waals surface area contributed by atoms with Gasteiger partial charge in [0.25, 0.3) is 0 Å². The molecule has 2 nitrogen and oxygen atoms in total. The van der Waals surface area contributed by atoms with Gasteiger partial charge in [-0.1, -0.05) is 30.3 Å². The molecule has 0 spiro atoms. The summed E-state index contributed by atoms with van der Waals surface area (Å²) in [6.45, 7) is 0.658. The van der Waals surface area contributed by atoms with Gasteiger partial charge < -0.3 is 4.57 Å². The average Bonchev–Trinajstić information content (AvgIpc) is 3.24. The van der Waals surface area contributed by atoms with E-state index >= 15 is 0 Å². The molecule has 3 aromatic carbocycles. The Kier molecular flexibility index (Phi) is 4.94. The molecule has 0 aliphatic heterocycles. The van der Waals surface area contributed by atoms with Gasteiger partial charge >= 0.3 is 0 Å². The van der Waals surface area contributed by atoms with Crippen LogP contribution in [0.5, 0.6) is 0 Å². The van der Waals surface area contributed by atoms with Crippen LogP contribution in [0.1, 0.15) is 55.2 Å². The van der Waals surface area contributed by atoms with Crippen LogP contribution in [0.15, 0.2) is 84.0 Å². The Morgan fingerprint density at radius 3 is 2.31 bits per heavy atom. The van der Waals surface area contributed by atoms with E-state index in [-0.39, 0.29) is 5.82 Å². The standard InChI is InChI=1S/C32H31FN2/c33-29-3-1-2-23(16-29)21-35-11-10-27-15-22(4-9-31(27)35)20-34-30-7-5-28(6-8-30)32-17-24-12-25(18-32)14-26(13-24)19-32/h1-11,15-16,20,24-26H,12-14,17-19,21H2. The van der Waals surface area contributed by atoms with E-state index in [1.165, 1.54) is 50.0 Å². The molecule has 4 aromatic rings. The first-order chi connectivity index (χ1) is 17.1. The first kappa shape index (κ1) is 21.1. The van der Waals surface area contributed by atoms with Gasteiger partial charge in [-0.25, -0.2) is 4.39 Å². The van der Waals surface area contributed by atoms with Gasteiger partial charge in [0.15, 0.2) is 0 Å². The van der Waals surface area contributed by atoms with Crippen LogP contribution in [0.2, 0.25) is 0 Å². The Morgan fingerprint density at radius 1 is 0.857 bits per heavy atom. The number of hydrogen-bond acceptors (Lipinski definition) is 1. The Labute approximate surface area is 206 Å². The molecule has 0 atom stereocenters. The van der Waals surface area contributed by atoms with Gasteiger partial charge in [0.1, 0.15) is 5.82 Å². The van der Waals surface area contributed by atoms with Gasteiger partial charge in [-0.3, -0.25) is 4.99 Å². The molecule has 3 heteroatoms. The molecule has 4 aliphatic carbocycles. The van der Waals surface area contributed by atoms with Crippen LogP contribution in [0.3, 0.4) is 0 Å². The summed E-state index contributed by atoms with van der Waals surface area (Å²) in [5, 5.41) is 1.17. The Morgan fingerprint density at radius 2 is 1.60 bits per heavy atom. The summed E-state index contributed by atoms with van der Waals surface area (Å²) in [5.41, 5.74) is 6.21. The lowest BCUT2D eigenvalue weighted by Gasteiger charge is -2.57. The molecule has 0 saturated heterocycles. The topological polar surface area (TPSA) is 17.3 Å². The van der Waals surface area contributed by atoms with Crippen molar-refractivity contribution < 1.29 is 4.39 Å². The van der Waals surface area contributed by atoms with Crippen LogP contribution >= 0.6 is 0 Å². The number of nitrogens with zero attached hydrogens (tertiary/aromatic N) is 2. The molecule has 0 unspecified atom stereocenters. The van der Waals surface area contributed by atoms with Gasteiger partial charge in [0, 0.05) is 29.9 Å². The minimum atomic E-state index is -0.191. The first-order valence-corrected chi connectivity index (χ1v) is 13.1. The fourth-order valence-corrected chi connectivity index (χ4v) is 7.78. The maximum absolute atomic E-state index is 13.6. The largest absolute Gasteiger partial charge is 0.343 e. The van der Waals surface area contributed by atoms with E-state index in [9.17, 15) is 4.39 Å². The lowest BCUT2D eigenvalue weighted by atomic mass is 9.48. The highest BCUT2D eigenvalue weighted by molar-refractivity contribution is 5.90. The molecule has 4 fully saturated rings. The highest BCUT2D eigenvalue weighted by Gasteiger charge is 2.51. The predicted molar refractivity (Wildman–Crippen MR) is 141 cm³/mol. The Bertz CT molecular complexity index is 1380. The van der Waals surface area contributed by atoms with Crippen LogP contribution in [0.4, 0.5) is 10.1 Å². The molecule has 176 valence electrons. The van der Waals surface area contributed by atoms with Crippen molar-refractivity contribution in [2.45, 2.75) is 50.5 Å². The number of hydrogen-bond donors (Lipinski definition) is 0. The normalized spacial score (nSPS) is 27.3. The van der Waals surface area contributed by atoms with E-state index in [4.69, 9.17) is 4.99 Å². The number of rotatable bonds is 5. The Balaban J connectivity index is 1.08. The molecular formula is C32H31FN2. The van der Waals surface area contributed by atoms with Gasteiger partial charge in [-0.05, 0) is 121 Å². The molecule has 0 radical (unpaired) electrons. The monoisotopic (exact) mass is 462 g/mol. The summed E-state index contributed by atoms with van der Waals surface area (Å²) in [6.07, 6.45) is 12.7. The second kappa shape index (κ2) is 8.19. The van der Waals surface area contributed by atoms with Crippen molar-refractivity contribution in [1.82, 2.24) is 4.57 Å². The summed E-state index contributed by atoms with van der Waals surface area (Å²) in [7, 11) is 0. The minimum absolute atomic E-state index is 0.191. The number of aromatic nitrogens is 1. The van der Waals surface area contributed by atoms with Crippen LogP contribution in [0, 0.1) is 23.6 Å². The van der Waals surface area contributed by atoms with Crippen molar-refractivity contribution in [3.05, 3.63) is 102 Å². The van der Waals surface area contributed by atoms with Crippen molar-refractivity contribution in [1.29, 1.82) is 0 Å². The lowest BCUT2D eigenvalue weighted by molar-refractivity contribution is -0.00518. The van der Waals surface area contributed by atoms with E-state index in [2.05, 4.69) is 59.3 Å². The maximum Gasteiger partial charge on any atom is 0.123 e. The molecule has 35 heavy (non-hydrogen) atoms. The number of aliphatic imine (C=N–C) groups is 1. The summed E-state index contributed by atoms with van der Waals surface area (Å²) in [5.74, 6) is 2.72. The van der Waals surface area contributed by atoms with Crippen LogP contribution in [-0.4, -0.2) is 10.8 Å². The zero-order chi connectivity index (χ0) is 23.4. The first-order valence-electron chi connectivity index (χ1n) is 13.1. The van der Waals surface area contributed by atoms with E-state index in [1.807, 2.05) is 12.3 Å². The number of benzene rings is 3. The molecule has 8 rings (SSSR count). The third kappa shape index (κ3) is 3.91. The average molecular weight is 463 g/mol. The summed E-state index contributed by atoms with van der Waals surface area (Å²) >= 11 is 0. The zero-order valence-electron chi connectivity index (χ0n) is 20.0. The third-order valence-electron chi connectivity index (χ3n) is 8.92. The van der Waals surface area contributed by atoms with Crippen molar-refractivity contribution in [3.8, 4) is 0 Å². The van der Waals surface area contributed by atoms with Gasteiger partial charge in [0.05, 0.1) is 5.69 Å². The van der Waals surface area contributed by atoms with Crippen LogP contribution in [-0.2, 0) is 12.0 Å². The summed E-state index contributed by atoms with van der Waals surface area (Å²) in [6, 6.07) is 24.5. The molecule has 1 heterocycles. The molecular weight excluding hydrogens is 431 g/mol. The van der Waals surface area contributed by atoms with Gasteiger partial charge in [-0.15, -0.1) is 0 Å². The SMILES string of the molecule is Fc1cccc(Cn2ccc3cc(C=Nc4ccc(C56CC7CC(CC(C7)C5)C6)cc4)ccc32)c1. The molecule has 4 bridgehead atoms. The molecule has 0 amide bonds. The van der Waals surface area contributed by atoms with Crippen LogP contribution in [0.25, 0.3) is 10.9 Å². The predicted octanol–water partition coefficient (Wildman–Crippen LogP) is 8.05. The number of halogens is 1. The zero-order valence-corrected chi connectivity index (χ0v) is 20.0. The minimum Gasteiger partial charge on any atom is -0.343 e. The highest BCUT2D eigenvalue weighted by Crippen LogP contribution is 2.60. The van der Waals surface area contributed by atoms with Gasteiger partial charge in [0.2, 0.25) is 0 Å². The Hall–Kier alpha value is -3.20. The molecule has 1 aromatic heterocycles. The summed E-state index contributed by atoms with van der Waals surface area (Å²) in [4.78, 5) is 4.78. The second-order valence-corrected chi connectivity index (χ2v) is 11.4. The van der Waals surface area contributed by atoms with Crippen molar-refractivity contribution in [2.24, 2.45) is 22.7 Å². The van der Waals surface area contributed by atoms with Crippen molar-refractivity contribution in [2.75, 3.05) is 0 Å². The van der Waals surface area contributed by atoms with E-state index in [0.717, 1.165) is 40.1 Å². The fourth-order valence-electron chi connectivity index (χ4n) is 7.78. The quantitative estimate of drug-likeness (QED) is 0.267. The van der Waals surface area contributed by atoms with Gasteiger partial charge in [-0.2, -0.15) is 0 Å². The molecule has 0 N–H and O–H groups in total. The van der Waals surface area contributed by atoms with E-state index < -0.39 is 0 Å². The second-order valence-electron chi connectivity index (χ2n) is 11.4. The highest BCUT2D eigenvalue weighted by atomic mass is 19.1. The molecule has 4 aliphatic rings. The fraction of sp³-hybridized carbons (Fsp3) is 0.344. The van der Waals surface area contributed by atoms with Crippen molar-refractivity contribution >= 4 is 22.8 Å². The molecule has 4 saturated carbocycles. The van der Waals surface area contributed by atoms with Crippen molar-refractivity contribution in [3.63, 3.8) is 0 Å². The lowest BCUT2D eigenvalue weighted by Crippen LogP contribution is -2.48. The van der Waals surface area contributed by atoms with E-state index in [1.54, 1.807) is 17.7 Å². The smallest absolute Gasteiger partial charge is 0.123 e. The third-order valence-corrected chi connectivity index (χ3v) is 8.92. The number of fused-ring (bicyclic) bond motifs is 1. The summed E-state index contributed by atoms with van der Waals surface area (Å²) < 4.78 is 15.7. The maximum atomic E-state index is 13.6. The van der Waals surface area contributed by atoms with E-state index in [0.29, 0.717) is 12.0 Å². The van der Waals surface area contributed by atoms with Crippen LogP contribution < -0.4 is 0 Å².